The summed E-state index contributed by atoms with van der Waals surface area (Å²) in [4.78, 5) is 12.0. The molecule has 5 nitrogen and oxygen atoms in total. The van der Waals surface area contributed by atoms with Gasteiger partial charge in [-0.1, -0.05) is 53.5 Å². The van der Waals surface area contributed by atoms with Gasteiger partial charge in [-0.05, 0) is 69.0 Å². The third kappa shape index (κ3) is 6.85. The Morgan fingerprint density at radius 1 is 1.12 bits per heavy atom. The van der Waals surface area contributed by atoms with Crippen LogP contribution in [0.25, 0.3) is 6.08 Å². The van der Waals surface area contributed by atoms with Crippen LogP contribution in [-0.4, -0.2) is 19.2 Å². The van der Waals surface area contributed by atoms with E-state index in [9.17, 15) is 4.79 Å². The molecule has 0 atom stereocenters. The Morgan fingerprint density at radius 2 is 1.88 bits per heavy atom. The number of carbonyl (C=O) groups excluding carboxylic acids is 1. The zero-order valence-electron chi connectivity index (χ0n) is 17.0. The summed E-state index contributed by atoms with van der Waals surface area (Å²) in [6, 6.07) is 18.2. The predicted molar refractivity (Wildman–Crippen MR) is 133 cm³/mol. The molecule has 0 aliphatic carbocycles. The first-order valence-corrected chi connectivity index (χ1v) is 11.0. The number of nitrogens with one attached hydrogen (secondary N) is 1. The number of nitrogens with zero attached hydrogens (tertiary/aromatic N) is 1. The Kier molecular flexibility index (Phi) is 8.73. The van der Waals surface area contributed by atoms with Crippen molar-refractivity contribution in [1.82, 2.24) is 5.43 Å². The average Bonchev–Trinajstić information content (AvgIpc) is 2.78. The van der Waals surface area contributed by atoms with E-state index in [-0.39, 0.29) is 5.91 Å². The van der Waals surface area contributed by atoms with E-state index in [2.05, 4.69) is 26.5 Å². The number of hydrazone groups is 1. The summed E-state index contributed by atoms with van der Waals surface area (Å²) in [5.74, 6) is 0.709. The van der Waals surface area contributed by atoms with Gasteiger partial charge < -0.3 is 9.47 Å². The van der Waals surface area contributed by atoms with Gasteiger partial charge in [-0.2, -0.15) is 5.10 Å². The summed E-state index contributed by atoms with van der Waals surface area (Å²) in [5.41, 5.74) is 4.88. The van der Waals surface area contributed by atoms with Crippen LogP contribution in [0.2, 0.25) is 10.0 Å². The average molecular weight is 534 g/mol. The molecule has 0 saturated heterocycles. The lowest BCUT2D eigenvalue weighted by Gasteiger charge is -2.13. The van der Waals surface area contributed by atoms with Crippen molar-refractivity contribution < 1.29 is 14.3 Å². The normalized spacial score (nSPS) is 11.1. The van der Waals surface area contributed by atoms with E-state index in [1.54, 1.807) is 25.3 Å². The number of benzene rings is 3. The minimum absolute atomic E-state index is 0.355. The monoisotopic (exact) mass is 532 g/mol. The summed E-state index contributed by atoms with van der Waals surface area (Å²) >= 11 is 15.5. The molecule has 0 saturated carbocycles. The molecule has 0 spiro atoms. The molecule has 164 valence electrons. The number of halogens is 3. The van der Waals surface area contributed by atoms with Crippen molar-refractivity contribution in [2.75, 3.05) is 7.11 Å². The highest BCUT2D eigenvalue weighted by Gasteiger charge is 2.11. The molecule has 0 aromatic heterocycles. The summed E-state index contributed by atoms with van der Waals surface area (Å²) < 4.78 is 12.1. The molecule has 3 aromatic rings. The highest BCUT2D eigenvalue weighted by atomic mass is 79.9. The number of hydrogen-bond donors (Lipinski definition) is 1. The summed E-state index contributed by atoms with van der Waals surface area (Å²) in [7, 11) is 1.55. The van der Waals surface area contributed by atoms with Crippen molar-refractivity contribution in [3.8, 4) is 11.5 Å². The molecule has 3 rings (SSSR count). The van der Waals surface area contributed by atoms with Crippen LogP contribution in [0.15, 0.2) is 76.3 Å². The third-order valence-corrected chi connectivity index (χ3v) is 5.44. The smallest absolute Gasteiger partial charge is 0.264 e. The Hall–Kier alpha value is -2.80. The van der Waals surface area contributed by atoms with Crippen molar-refractivity contribution in [3.63, 3.8) is 0 Å². The zero-order chi connectivity index (χ0) is 22.9. The van der Waals surface area contributed by atoms with Crippen molar-refractivity contribution in [1.29, 1.82) is 0 Å². The van der Waals surface area contributed by atoms with Gasteiger partial charge in [0.1, 0.15) is 6.61 Å². The van der Waals surface area contributed by atoms with Crippen LogP contribution >= 0.6 is 39.1 Å². The van der Waals surface area contributed by atoms with Gasteiger partial charge in [-0.25, -0.2) is 5.43 Å². The van der Waals surface area contributed by atoms with E-state index >= 15 is 0 Å². The van der Waals surface area contributed by atoms with E-state index in [4.69, 9.17) is 32.7 Å². The maximum atomic E-state index is 12.0. The molecule has 0 heterocycles. The first kappa shape index (κ1) is 23.9. The minimum Gasteiger partial charge on any atom is -0.493 e. The predicted octanol–water partition coefficient (Wildman–Crippen LogP) is 6.51. The van der Waals surface area contributed by atoms with Gasteiger partial charge in [0, 0.05) is 16.1 Å². The molecule has 0 unspecified atom stereocenters. The van der Waals surface area contributed by atoms with E-state index in [1.165, 1.54) is 12.3 Å². The van der Waals surface area contributed by atoms with E-state index in [0.29, 0.717) is 38.2 Å². The lowest BCUT2D eigenvalue weighted by molar-refractivity contribution is -0.116. The van der Waals surface area contributed by atoms with Crippen LogP contribution in [0.4, 0.5) is 0 Å². The van der Waals surface area contributed by atoms with Crippen LogP contribution in [0, 0.1) is 0 Å². The van der Waals surface area contributed by atoms with Crippen LogP contribution in [0.5, 0.6) is 11.5 Å². The minimum atomic E-state index is -0.380. The number of hydrogen-bond acceptors (Lipinski definition) is 4. The molecule has 8 heteroatoms. The van der Waals surface area contributed by atoms with Gasteiger partial charge in [-0.15, -0.1) is 0 Å². The van der Waals surface area contributed by atoms with Crippen molar-refractivity contribution in [2.24, 2.45) is 5.10 Å². The molecule has 0 aliphatic heterocycles. The number of ether oxygens (including phenoxy) is 2. The fourth-order valence-electron chi connectivity index (χ4n) is 2.67. The summed E-state index contributed by atoms with van der Waals surface area (Å²) in [6.07, 6.45) is 4.50. The van der Waals surface area contributed by atoms with Gasteiger partial charge >= 0.3 is 0 Å². The van der Waals surface area contributed by atoms with Gasteiger partial charge in [0.25, 0.3) is 5.91 Å². The fourth-order valence-corrected chi connectivity index (χ4v) is 3.57. The van der Waals surface area contributed by atoms with Gasteiger partial charge in [-0.3, -0.25) is 4.79 Å². The highest BCUT2D eigenvalue weighted by molar-refractivity contribution is 9.10. The molecule has 0 radical (unpaired) electrons. The van der Waals surface area contributed by atoms with Crippen molar-refractivity contribution >= 4 is 57.3 Å². The molecule has 3 aromatic carbocycles. The number of rotatable bonds is 8. The van der Waals surface area contributed by atoms with E-state index in [0.717, 1.165) is 11.1 Å². The van der Waals surface area contributed by atoms with Crippen LogP contribution in [-0.2, 0) is 11.4 Å². The molecule has 0 fully saturated rings. The van der Waals surface area contributed by atoms with Crippen molar-refractivity contribution in [2.45, 2.75) is 6.61 Å². The lowest BCUT2D eigenvalue weighted by Crippen LogP contribution is -2.14. The Labute approximate surface area is 204 Å². The van der Waals surface area contributed by atoms with Gasteiger partial charge in [0.2, 0.25) is 0 Å². The highest BCUT2D eigenvalue weighted by Crippen LogP contribution is 2.36. The zero-order valence-corrected chi connectivity index (χ0v) is 20.1. The van der Waals surface area contributed by atoms with Crippen molar-refractivity contribution in [3.05, 3.63) is 97.9 Å². The molecule has 0 bridgehead atoms. The number of carbonyl (C=O) groups is 1. The largest absolute Gasteiger partial charge is 0.493 e. The number of methoxy groups -OCH3 is 1. The van der Waals surface area contributed by atoms with Crippen LogP contribution < -0.4 is 14.9 Å². The first-order valence-electron chi connectivity index (χ1n) is 9.46. The molecule has 1 amide bonds. The SMILES string of the molecule is COc1cc(/C=N\NC(=O)/C=C/c2ccccc2Cl)cc(Br)c1OCc1ccc(Cl)cc1. The van der Waals surface area contributed by atoms with E-state index < -0.39 is 0 Å². The molecule has 0 aliphatic rings. The lowest BCUT2D eigenvalue weighted by atomic mass is 10.2. The molecular formula is C24H19BrCl2N2O3. The summed E-state index contributed by atoms with van der Waals surface area (Å²) in [6.45, 7) is 0.355. The van der Waals surface area contributed by atoms with Crippen LogP contribution in [0.1, 0.15) is 16.7 Å². The van der Waals surface area contributed by atoms with E-state index in [1.807, 2.05) is 48.5 Å². The standard InChI is InChI=1S/C24H19BrCl2N2O3/c1-31-22-13-17(12-20(25)24(22)32-15-16-6-9-19(26)10-7-16)14-28-29-23(30)11-8-18-4-2-3-5-21(18)27/h2-14H,15H2,1H3,(H,29,30)/b11-8+,28-14-. The molecule has 32 heavy (non-hydrogen) atoms. The van der Waals surface area contributed by atoms with Crippen LogP contribution in [0.3, 0.4) is 0 Å². The maximum absolute atomic E-state index is 12.0. The van der Waals surface area contributed by atoms with Gasteiger partial charge in [0.05, 0.1) is 17.8 Å². The topological polar surface area (TPSA) is 59.9 Å². The Morgan fingerprint density at radius 3 is 2.59 bits per heavy atom. The summed E-state index contributed by atoms with van der Waals surface area (Å²) in [5, 5.41) is 5.22. The second-order valence-electron chi connectivity index (χ2n) is 6.54. The quantitative estimate of drug-likeness (QED) is 0.204. The second kappa shape index (κ2) is 11.7. The second-order valence-corrected chi connectivity index (χ2v) is 8.24. The third-order valence-electron chi connectivity index (χ3n) is 4.26. The van der Waals surface area contributed by atoms with Gasteiger partial charge in [0.15, 0.2) is 11.5 Å². The number of amides is 1. The Bertz CT molecular complexity index is 1150. The Balaban J connectivity index is 1.63. The molecule has 1 N–H and O–H groups in total. The fraction of sp³-hybridized carbons (Fsp3) is 0.0833. The first-order chi connectivity index (χ1) is 15.5. The molecular weight excluding hydrogens is 515 g/mol. The maximum Gasteiger partial charge on any atom is 0.264 e.